The fourth-order valence-corrected chi connectivity index (χ4v) is 3.64. The van der Waals surface area contributed by atoms with E-state index in [9.17, 15) is 13.2 Å². The summed E-state index contributed by atoms with van der Waals surface area (Å²) >= 11 is 0. The molecular formula is C22H27F3N2O. The number of methoxy groups -OCH3 is 1. The number of benzene rings is 2. The van der Waals surface area contributed by atoms with Gasteiger partial charge in [-0.25, -0.2) is 0 Å². The van der Waals surface area contributed by atoms with Gasteiger partial charge in [0, 0.05) is 24.2 Å². The summed E-state index contributed by atoms with van der Waals surface area (Å²) in [5.41, 5.74) is 0.254. The summed E-state index contributed by atoms with van der Waals surface area (Å²) in [5, 5.41) is 7.02. The van der Waals surface area contributed by atoms with Crippen LogP contribution in [0, 0.1) is 0 Å². The quantitative estimate of drug-likeness (QED) is 0.746. The van der Waals surface area contributed by atoms with Gasteiger partial charge in [0.1, 0.15) is 5.75 Å². The van der Waals surface area contributed by atoms with Gasteiger partial charge in [0.15, 0.2) is 0 Å². The first-order valence-electron chi connectivity index (χ1n) is 9.50. The van der Waals surface area contributed by atoms with Crippen LogP contribution in [0.5, 0.6) is 5.75 Å². The summed E-state index contributed by atoms with van der Waals surface area (Å²) in [5.74, 6) is 0.594. The van der Waals surface area contributed by atoms with E-state index in [0.29, 0.717) is 12.3 Å². The Morgan fingerprint density at radius 3 is 2.46 bits per heavy atom. The third-order valence-electron chi connectivity index (χ3n) is 5.65. The second kappa shape index (κ2) is 8.13. The normalized spacial score (nSPS) is 20.4. The standard InChI is InChI=1S/C22H27F3N2O/c1-21(2,22(23,24)25)17-9-10-19(28-3)16(13-17)14-27-18-11-12-26-20(18)15-7-5-4-6-8-15/h4-10,13,18,20,26-27H,11-12,14H2,1-3H3/t18-,20-/m0/s1. The van der Waals surface area contributed by atoms with Gasteiger partial charge in [-0.3, -0.25) is 0 Å². The Labute approximate surface area is 164 Å². The molecule has 0 saturated carbocycles. The Hall–Kier alpha value is -2.05. The minimum absolute atomic E-state index is 0.182. The molecule has 28 heavy (non-hydrogen) atoms. The molecule has 2 aromatic carbocycles. The molecule has 2 aromatic rings. The summed E-state index contributed by atoms with van der Waals surface area (Å²) in [6.07, 6.45) is -3.37. The monoisotopic (exact) mass is 392 g/mol. The molecule has 1 fully saturated rings. The first-order valence-corrected chi connectivity index (χ1v) is 9.50. The third kappa shape index (κ3) is 4.18. The molecule has 0 amide bonds. The lowest BCUT2D eigenvalue weighted by Gasteiger charge is -2.29. The lowest BCUT2D eigenvalue weighted by atomic mass is 9.83. The van der Waals surface area contributed by atoms with E-state index in [1.807, 2.05) is 18.2 Å². The van der Waals surface area contributed by atoms with Crippen molar-refractivity contribution in [3.8, 4) is 5.75 Å². The lowest BCUT2D eigenvalue weighted by Crippen LogP contribution is -2.37. The fraction of sp³-hybridized carbons (Fsp3) is 0.455. The lowest BCUT2D eigenvalue weighted by molar-refractivity contribution is -0.180. The Morgan fingerprint density at radius 2 is 1.82 bits per heavy atom. The highest BCUT2D eigenvalue weighted by Crippen LogP contribution is 2.41. The molecule has 1 heterocycles. The van der Waals surface area contributed by atoms with E-state index < -0.39 is 11.6 Å². The van der Waals surface area contributed by atoms with Crippen molar-refractivity contribution in [2.24, 2.45) is 0 Å². The van der Waals surface area contributed by atoms with Crippen LogP contribution in [0.15, 0.2) is 48.5 Å². The topological polar surface area (TPSA) is 33.3 Å². The van der Waals surface area contributed by atoms with E-state index in [0.717, 1.165) is 18.5 Å². The first-order chi connectivity index (χ1) is 13.2. The van der Waals surface area contributed by atoms with Crippen LogP contribution in [-0.2, 0) is 12.0 Å². The molecule has 1 aliphatic heterocycles. The minimum atomic E-state index is -4.32. The molecule has 0 bridgehead atoms. The van der Waals surface area contributed by atoms with Crippen molar-refractivity contribution in [2.45, 2.75) is 50.5 Å². The van der Waals surface area contributed by atoms with Crippen LogP contribution in [-0.4, -0.2) is 25.9 Å². The Kier molecular flexibility index (Phi) is 6.01. The SMILES string of the molecule is COc1ccc(C(C)(C)C(F)(F)F)cc1CN[C@H]1CCN[C@H]1c1ccccc1. The van der Waals surface area contributed by atoms with Gasteiger partial charge < -0.3 is 15.4 Å². The maximum absolute atomic E-state index is 13.4. The van der Waals surface area contributed by atoms with Crippen LogP contribution in [0.3, 0.4) is 0 Å². The fourth-order valence-electron chi connectivity index (χ4n) is 3.64. The zero-order valence-electron chi connectivity index (χ0n) is 16.4. The second-order valence-electron chi connectivity index (χ2n) is 7.77. The molecule has 152 valence electrons. The van der Waals surface area contributed by atoms with Crippen LogP contribution in [0.2, 0.25) is 0 Å². The van der Waals surface area contributed by atoms with Gasteiger partial charge in [-0.1, -0.05) is 36.4 Å². The van der Waals surface area contributed by atoms with Crippen molar-refractivity contribution < 1.29 is 17.9 Å². The van der Waals surface area contributed by atoms with Gasteiger partial charge in [0.25, 0.3) is 0 Å². The van der Waals surface area contributed by atoms with E-state index >= 15 is 0 Å². The molecule has 0 spiro atoms. The molecule has 3 nitrogen and oxygen atoms in total. The molecule has 2 N–H and O–H groups in total. The van der Waals surface area contributed by atoms with Crippen LogP contribution < -0.4 is 15.4 Å². The maximum atomic E-state index is 13.4. The van der Waals surface area contributed by atoms with E-state index in [2.05, 4.69) is 22.8 Å². The number of halogens is 3. The summed E-state index contributed by atoms with van der Waals surface area (Å²) in [4.78, 5) is 0. The highest BCUT2D eigenvalue weighted by Gasteiger charge is 2.48. The number of alkyl halides is 3. The number of nitrogens with one attached hydrogen (secondary N) is 2. The van der Waals surface area contributed by atoms with E-state index in [1.165, 1.54) is 32.6 Å². The zero-order chi connectivity index (χ0) is 20.4. The Bertz CT molecular complexity index is 790. The van der Waals surface area contributed by atoms with Gasteiger partial charge in [-0.15, -0.1) is 0 Å². The van der Waals surface area contributed by atoms with E-state index in [4.69, 9.17) is 4.74 Å². The smallest absolute Gasteiger partial charge is 0.397 e. The van der Waals surface area contributed by atoms with Crippen molar-refractivity contribution in [1.29, 1.82) is 0 Å². The van der Waals surface area contributed by atoms with Gasteiger partial charge in [0.2, 0.25) is 0 Å². The van der Waals surface area contributed by atoms with Crippen molar-refractivity contribution >= 4 is 0 Å². The predicted octanol–water partition coefficient (Wildman–Crippen LogP) is 4.73. The Morgan fingerprint density at radius 1 is 1.11 bits per heavy atom. The van der Waals surface area contributed by atoms with Crippen LogP contribution in [0.1, 0.15) is 43.0 Å². The average molecular weight is 392 g/mol. The van der Waals surface area contributed by atoms with Gasteiger partial charge in [-0.2, -0.15) is 13.2 Å². The van der Waals surface area contributed by atoms with Gasteiger partial charge in [0.05, 0.1) is 12.5 Å². The van der Waals surface area contributed by atoms with Crippen molar-refractivity contribution in [3.05, 3.63) is 65.2 Å². The summed E-state index contributed by atoms with van der Waals surface area (Å²) in [6.45, 7) is 3.76. The first kappa shape index (κ1) is 20.7. The summed E-state index contributed by atoms with van der Waals surface area (Å²) in [7, 11) is 1.54. The largest absolute Gasteiger partial charge is 0.496 e. The molecule has 0 radical (unpaired) electrons. The van der Waals surface area contributed by atoms with Crippen LogP contribution in [0.25, 0.3) is 0 Å². The molecule has 1 aliphatic rings. The van der Waals surface area contributed by atoms with E-state index in [-0.39, 0.29) is 17.6 Å². The number of hydrogen-bond acceptors (Lipinski definition) is 3. The molecule has 2 atom stereocenters. The third-order valence-corrected chi connectivity index (χ3v) is 5.65. The molecule has 0 aliphatic carbocycles. The maximum Gasteiger partial charge on any atom is 0.397 e. The summed E-state index contributed by atoms with van der Waals surface area (Å²) < 4.78 is 45.7. The second-order valence-corrected chi connectivity index (χ2v) is 7.77. The molecular weight excluding hydrogens is 365 g/mol. The molecule has 0 unspecified atom stereocenters. The highest BCUT2D eigenvalue weighted by atomic mass is 19.4. The Balaban J connectivity index is 1.79. The number of hydrogen-bond donors (Lipinski definition) is 2. The number of rotatable bonds is 6. The molecule has 3 rings (SSSR count). The molecule has 0 aromatic heterocycles. The molecule has 6 heteroatoms. The van der Waals surface area contributed by atoms with Gasteiger partial charge in [-0.05, 0) is 50.1 Å². The van der Waals surface area contributed by atoms with Gasteiger partial charge >= 0.3 is 6.18 Å². The highest BCUT2D eigenvalue weighted by molar-refractivity contribution is 5.40. The van der Waals surface area contributed by atoms with Crippen molar-refractivity contribution in [3.63, 3.8) is 0 Å². The van der Waals surface area contributed by atoms with E-state index in [1.54, 1.807) is 12.1 Å². The van der Waals surface area contributed by atoms with Crippen molar-refractivity contribution in [2.75, 3.05) is 13.7 Å². The molecule has 1 saturated heterocycles. The van der Waals surface area contributed by atoms with Crippen LogP contribution in [0.4, 0.5) is 13.2 Å². The average Bonchev–Trinajstić information content (AvgIpc) is 3.14. The van der Waals surface area contributed by atoms with Crippen molar-refractivity contribution in [1.82, 2.24) is 10.6 Å². The van der Waals surface area contributed by atoms with Crippen LogP contribution >= 0.6 is 0 Å². The summed E-state index contributed by atoms with van der Waals surface area (Å²) in [6, 6.07) is 15.3. The zero-order valence-corrected chi connectivity index (χ0v) is 16.4. The number of ether oxygens (including phenoxy) is 1. The predicted molar refractivity (Wildman–Crippen MR) is 105 cm³/mol. The minimum Gasteiger partial charge on any atom is -0.496 e.